The van der Waals surface area contributed by atoms with E-state index in [-0.39, 0.29) is 0 Å². The molecule has 4 heteroatoms. The molecule has 0 radical (unpaired) electrons. The molecule has 94 valence electrons. The molecule has 3 rings (SSSR count). The summed E-state index contributed by atoms with van der Waals surface area (Å²) < 4.78 is 2.32. The van der Waals surface area contributed by atoms with E-state index in [1.165, 1.54) is 31.4 Å². The number of likely N-dealkylation sites (N-methyl/N-ethyl adjacent to an activating group) is 1. The lowest BCUT2D eigenvalue weighted by Gasteiger charge is -2.18. The summed E-state index contributed by atoms with van der Waals surface area (Å²) in [5, 5.41) is 3.55. The molecule has 1 aromatic heterocycles. The zero-order chi connectivity index (χ0) is 11.7. The highest BCUT2D eigenvalue weighted by Crippen LogP contribution is 2.26. The van der Waals surface area contributed by atoms with Crippen LogP contribution in [0.15, 0.2) is 12.5 Å². The molecule has 0 unspecified atom stereocenters. The molecule has 1 saturated carbocycles. The molecule has 0 bridgehead atoms. The molecule has 0 spiro atoms. The third kappa shape index (κ3) is 2.53. The van der Waals surface area contributed by atoms with Gasteiger partial charge in [0.2, 0.25) is 0 Å². The van der Waals surface area contributed by atoms with Gasteiger partial charge in [0.1, 0.15) is 0 Å². The van der Waals surface area contributed by atoms with Crippen molar-refractivity contribution in [2.45, 2.75) is 44.3 Å². The molecule has 2 heterocycles. The maximum absolute atomic E-state index is 4.31. The fourth-order valence-electron chi connectivity index (χ4n) is 2.71. The number of nitrogens with one attached hydrogen (secondary N) is 1. The summed E-state index contributed by atoms with van der Waals surface area (Å²) >= 11 is 0. The average molecular weight is 234 g/mol. The van der Waals surface area contributed by atoms with Crippen LogP contribution in [-0.4, -0.2) is 40.6 Å². The normalized spacial score (nSPS) is 24.7. The lowest BCUT2D eigenvalue weighted by atomic mass is 10.2. The SMILES string of the molecule is CN(CCn1cncc1[C@@H]1CCCN1)C1CC1. The summed E-state index contributed by atoms with van der Waals surface area (Å²) in [5.74, 6) is 0. The molecule has 1 N–H and O–H groups in total. The van der Waals surface area contributed by atoms with E-state index in [1.54, 1.807) is 0 Å². The van der Waals surface area contributed by atoms with Gasteiger partial charge in [-0.05, 0) is 39.3 Å². The Balaban J connectivity index is 1.60. The third-order valence-corrected chi connectivity index (χ3v) is 4.03. The van der Waals surface area contributed by atoms with E-state index < -0.39 is 0 Å². The Morgan fingerprint density at radius 3 is 3.06 bits per heavy atom. The van der Waals surface area contributed by atoms with E-state index in [2.05, 4.69) is 26.8 Å². The van der Waals surface area contributed by atoms with Crippen molar-refractivity contribution in [2.75, 3.05) is 20.1 Å². The number of nitrogens with zero attached hydrogens (tertiary/aromatic N) is 3. The van der Waals surface area contributed by atoms with Crippen LogP contribution in [0.5, 0.6) is 0 Å². The largest absolute Gasteiger partial charge is 0.332 e. The van der Waals surface area contributed by atoms with Crippen LogP contribution >= 0.6 is 0 Å². The molecule has 0 amide bonds. The van der Waals surface area contributed by atoms with Crippen LogP contribution in [-0.2, 0) is 6.54 Å². The van der Waals surface area contributed by atoms with Gasteiger partial charge in [-0.1, -0.05) is 0 Å². The summed E-state index contributed by atoms with van der Waals surface area (Å²) in [7, 11) is 2.24. The Labute approximate surface area is 103 Å². The Bertz CT molecular complexity index is 363. The van der Waals surface area contributed by atoms with Gasteiger partial charge in [-0.2, -0.15) is 0 Å². The van der Waals surface area contributed by atoms with E-state index in [0.717, 1.165) is 25.7 Å². The Morgan fingerprint density at radius 2 is 2.35 bits per heavy atom. The Hall–Kier alpha value is -0.870. The van der Waals surface area contributed by atoms with Gasteiger partial charge in [-0.3, -0.25) is 0 Å². The predicted octanol–water partition coefficient (Wildman–Crippen LogP) is 1.40. The van der Waals surface area contributed by atoms with Gasteiger partial charge in [0.05, 0.1) is 12.0 Å². The van der Waals surface area contributed by atoms with Crippen LogP contribution in [0, 0.1) is 0 Å². The van der Waals surface area contributed by atoms with Gasteiger partial charge in [0, 0.05) is 31.4 Å². The van der Waals surface area contributed by atoms with Crippen molar-refractivity contribution in [3.63, 3.8) is 0 Å². The van der Waals surface area contributed by atoms with Crippen molar-refractivity contribution in [3.05, 3.63) is 18.2 Å². The standard InChI is InChI=1S/C13H22N4/c1-16(11-4-5-11)7-8-17-10-14-9-13(17)12-3-2-6-15-12/h9-12,15H,2-8H2,1H3/t12-/m0/s1. The Morgan fingerprint density at radius 1 is 1.47 bits per heavy atom. The summed E-state index contributed by atoms with van der Waals surface area (Å²) in [6.45, 7) is 3.36. The van der Waals surface area contributed by atoms with Gasteiger partial charge in [0.15, 0.2) is 0 Å². The summed E-state index contributed by atoms with van der Waals surface area (Å²) in [6.07, 6.45) is 9.33. The molecule has 1 aliphatic carbocycles. The lowest BCUT2D eigenvalue weighted by molar-refractivity contribution is 0.306. The molecule has 4 nitrogen and oxygen atoms in total. The number of hydrogen-bond acceptors (Lipinski definition) is 3. The first-order valence-electron chi connectivity index (χ1n) is 6.78. The minimum atomic E-state index is 0.531. The van der Waals surface area contributed by atoms with E-state index in [0.29, 0.717) is 6.04 Å². The second-order valence-corrected chi connectivity index (χ2v) is 5.37. The molecule has 0 aromatic carbocycles. The van der Waals surface area contributed by atoms with E-state index in [9.17, 15) is 0 Å². The maximum Gasteiger partial charge on any atom is 0.0949 e. The Kier molecular flexibility index (Phi) is 3.16. The maximum atomic E-state index is 4.31. The number of aromatic nitrogens is 2. The molecule has 2 aliphatic rings. The molecule has 1 atom stereocenters. The second kappa shape index (κ2) is 4.78. The molecule has 17 heavy (non-hydrogen) atoms. The van der Waals surface area contributed by atoms with Crippen molar-refractivity contribution in [2.24, 2.45) is 0 Å². The molecule has 1 aromatic rings. The smallest absolute Gasteiger partial charge is 0.0949 e. The number of imidazole rings is 1. The van der Waals surface area contributed by atoms with E-state index >= 15 is 0 Å². The van der Waals surface area contributed by atoms with E-state index in [4.69, 9.17) is 0 Å². The van der Waals surface area contributed by atoms with Gasteiger partial charge in [-0.25, -0.2) is 4.98 Å². The van der Waals surface area contributed by atoms with Crippen LogP contribution in [0.1, 0.15) is 37.4 Å². The van der Waals surface area contributed by atoms with Crippen molar-refractivity contribution in [3.8, 4) is 0 Å². The van der Waals surface area contributed by atoms with Crippen molar-refractivity contribution in [1.29, 1.82) is 0 Å². The average Bonchev–Trinajstić information content (AvgIpc) is 2.88. The van der Waals surface area contributed by atoms with E-state index in [1.807, 2.05) is 12.5 Å². The topological polar surface area (TPSA) is 33.1 Å². The fraction of sp³-hybridized carbons (Fsp3) is 0.769. The quantitative estimate of drug-likeness (QED) is 0.836. The zero-order valence-corrected chi connectivity index (χ0v) is 10.6. The lowest BCUT2D eigenvalue weighted by Crippen LogP contribution is -2.26. The third-order valence-electron chi connectivity index (χ3n) is 4.03. The highest BCUT2D eigenvalue weighted by Gasteiger charge is 2.26. The van der Waals surface area contributed by atoms with Gasteiger partial charge in [0.25, 0.3) is 0 Å². The first kappa shape index (κ1) is 11.2. The summed E-state index contributed by atoms with van der Waals surface area (Å²) in [6, 6.07) is 1.38. The highest BCUT2D eigenvalue weighted by molar-refractivity contribution is 5.07. The first-order chi connectivity index (χ1) is 8.34. The van der Waals surface area contributed by atoms with Gasteiger partial charge >= 0.3 is 0 Å². The second-order valence-electron chi connectivity index (χ2n) is 5.37. The van der Waals surface area contributed by atoms with Crippen LogP contribution in [0.3, 0.4) is 0 Å². The highest BCUT2D eigenvalue weighted by atomic mass is 15.2. The predicted molar refractivity (Wildman–Crippen MR) is 67.9 cm³/mol. The van der Waals surface area contributed by atoms with Crippen LogP contribution in [0.25, 0.3) is 0 Å². The summed E-state index contributed by atoms with van der Waals surface area (Å²) in [5.41, 5.74) is 1.37. The molecule has 1 saturated heterocycles. The summed E-state index contributed by atoms with van der Waals surface area (Å²) in [4.78, 5) is 6.79. The van der Waals surface area contributed by atoms with Crippen LogP contribution < -0.4 is 5.32 Å². The van der Waals surface area contributed by atoms with Crippen LogP contribution in [0.4, 0.5) is 0 Å². The first-order valence-corrected chi connectivity index (χ1v) is 6.78. The molecule has 2 fully saturated rings. The van der Waals surface area contributed by atoms with Crippen molar-refractivity contribution < 1.29 is 0 Å². The number of rotatable bonds is 5. The van der Waals surface area contributed by atoms with Crippen molar-refractivity contribution in [1.82, 2.24) is 19.8 Å². The fourth-order valence-corrected chi connectivity index (χ4v) is 2.71. The van der Waals surface area contributed by atoms with Gasteiger partial charge < -0.3 is 14.8 Å². The van der Waals surface area contributed by atoms with Gasteiger partial charge in [-0.15, -0.1) is 0 Å². The molecular weight excluding hydrogens is 212 g/mol. The molecule has 1 aliphatic heterocycles. The van der Waals surface area contributed by atoms with Crippen LogP contribution in [0.2, 0.25) is 0 Å². The monoisotopic (exact) mass is 234 g/mol. The molecular formula is C13H22N4. The van der Waals surface area contributed by atoms with Crippen molar-refractivity contribution >= 4 is 0 Å². The number of hydrogen-bond donors (Lipinski definition) is 1. The zero-order valence-electron chi connectivity index (χ0n) is 10.6. The minimum Gasteiger partial charge on any atom is -0.332 e. The minimum absolute atomic E-state index is 0.531.